The van der Waals surface area contributed by atoms with Crippen LogP contribution in [0.25, 0.3) is 0 Å². The van der Waals surface area contributed by atoms with Crippen LogP contribution < -0.4 is 37.2 Å². The molecule has 0 fully saturated rings. The van der Waals surface area contributed by atoms with Crippen molar-refractivity contribution in [1.82, 2.24) is 0 Å². The summed E-state index contributed by atoms with van der Waals surface area (Å²) in [4.78, 5) is 0. The molecule has 0 saturated heterocycles. The van der Waals surface area contributed by atoms with Crippen LogP contribution in [-0.2, 0) is 21.7 Å². The van der Waals surface area contributed by atoms with Crippen molar-refractivity contribution in [3.63, 3.8) is 0 Å². The van der Waals surface area contributed by atoms with Gasteiger partial charge in [-0.15, -0.1) is 0 Å². The standard InChI is InChI=1S/C5H8.CH3.3ClH.Ti/c1-3-5-4-2;;;;;/h3-5H,1H2,2H3;1H3;3*1H;/q;-1;;;;+4/p-3. The SMILES string of the molecule is C=CC=CC.[CH3-].[Cl-].[Cl-].[Cl-].[Ti+4]. The third-order valence-corrected chi connectivity index (χ3v) is 0.329. The fourth-order valence-electron chi connectivity index (χ4n) is 0.136. The first-order chi connectivity index (χ1) is 2.41. The quantitative estimate of drug-likeness (QED) is 0.242. The molecule has 0 aromatic rings. The summed E-state index contributed by atoms with van der Waals surface area (Å²) in [5.41, 5.74) is 0. The van der Waals surface area contributed by atoms with E-state index in [9.17, 15) is 0 Å². The average Bonchev–Trinajstić information content (AvgIpc) is 1.41. The molecule has 0 radical (unpaired) electrons. The largest absolute Gasteiger partial charge is 4.00 e. The summed E-state index contributed by atoms with van der Waals surface area (Å²) < 4.78 is 0. The molecule has 0 aromatic carbocycles. The molecule has 0 atom stereocenters. The Labute approximate surface area is 97.7 Å². The molecule has 60 valence electrons. The normalized spacial score (nSPS) is 4.50. The summed E-state index contributed by atoms with van der Waals surface area (Å²) in [6.07, 6.45) is 5.58. The Balaban J connectivity index is -0.00000000800. The molecule has 0 saturated carbocycles. The van der Waals surface area contributed by atoms with Gasteiger partial charge in [-0.1, -0.05) is 24.8 Å². The molecule has 0 aliphatic rings. The van der Waals surface area contributed by atoms with Crippen molar-refractivity contribution < 1.29 is 58.9 Å². The van der Waals surface area contributed by atoms with Crippen LogP contribution >= 0.6 is 0 Å². The smallest absolute Gasteiger partial charge is 1.00 e. The molecule has 0 heterocycles. The molecule has 4 heteroatoms. The van der Waals surface area contributed by atoms with Gasteiger partial charge in [0.2, 0.25) is 0 Å². The molecule has 0 aliphatic heterocycles. The van der Waals surface area contributed by atoms with Crippen LogP contribution in [0.4, 0.5) is 0 Å². The molecule has 10 heavy (non-hydrogen) atoms. The van der Waals surface area contributed by atoms with Crippen LogP contribution in [0, 0.1) is 7.43 Å². The summed E-state index contributed by atoms with van der Waals surface area (Å²) in [5, 5.41) is 0. The minimum Gasteiger partial charge on any atom is -1.00 e. The zero-order valence-electron chi connectivity index (χ0n) is 6.07. The predicted molar refractivity (Wildman–Crippen MR) is 31.4 cm³/mol. The molecule has 0 N–H and O–H groups in total. The van der Waals surface area contributed by atoms with E-state index < -0.39 is 0 Å². The third-order valence-electron chi connectivity index (χ3n) is 0.329. The van der Waals surface area contributed by atoms with Crippen molar-refractivity contribution >= 4 is 0 Å². The maximum Gasteiger partial charge on any atom is 4.00 e. The van der Waals surface area contributed by atoms with Gasteiger partial charge in [0.1, 0.15) is 0 Å². The third kappa shape index (κ3) is 62.8. The minimum absolute atomic E-state index is 0. The molecule has 0 rings (SSSR count). The van der Waals surface area contributed by atoms with E-state index in [0.29, 0.717) is 0 Å². The van der Waals surface area contributed by atoms with Crippen LogP contribution in [0.3, 0.4) is 0 Å². The van der Waals surface area contributed by atoms with E-state index in [2.05, 4.69) is 6.58 Å². The molecular weight excluding hydrogens is 226 g/mol. The summed E-state index contributed by atoms with van der Waals surface area (Å²) in [5.74, 6) is 0. The topological polar surface area (TPSA) is 0 Å². The maximum absolute atomic E-state index is 3.46. The molecule has 0 unspecified atom stereocenters. The molecule has 0 amide bonds. The molecule has 0 aliphatic carbocycles. The molecule has 0 spiro atoms. The van der Waals surface area contributed by atoms with Crippen LogP contribution in [0.15, 0.2) is 24.8 Å². The van der Waals surface area contributed by atoms with Crippen LogP contribution in [-0.4, -0.2) is 0 Å². The second kappa shape index (κ2) is 50.1. The summed E-state index contributed by atoms with van der Waals surface area (Å²) in [6, 6.07) is 0. The second-order valence-electron chi connectivity index (χ2n) is 0.761. The van der Waals surface area contributed by atoms with Crippen molar-refractivity contribution in [2.75, 3.05) is 0 Å². The average molecular weight is 237 g/mol. The van der Waals surface area contributed by atoms with Crippen molar-refractivity contribution in [3.05, 3.63) is 32.2 Å². The van der Waals surface area contributed by atoms with E-state index >= 15 is 0 Å². The van der Waals surface area contributed by atoms with Crippen LogP contribution in [0.2, 0.25) is 0 Å². The van der Waals surface area contributed by atoms with Gasteiger partial charge in [0.25, 0.3) is 0 Å². The van der Waals surface area contributed by atoms with Crippen LogP contribution in [0.1, 0.15) is 6.92 Å². The first kappa shape index (κ1) is 43.7. The van der Waals surface area contributed by atoms with E-state index in [0.717, 1.165) is 0 Å². The Morgan fingerprint density at radius 2 is 1.40 bits per heavy atom. The first-order valence-corrected chi connectivity index (χ1v) is 1.65. The molecular formula is C6H11Cl3Ti. The summed E-state index contributed by atoms with van der Waals surface area (Å²) in [6.45, 7) is 5.42. The van der Waals surface area contributed by atoms with Gasteiger partial charge < -0.3 is 44.6 Å². The van der Waals surface area contributed by atoms with Crippen molar-refractivity contribution in [1.29, 1.82) is 0 Å². The fraction of sp³-hybridized carbons (Fsp3) is 0.167. The van der Waals surface area contributed by atoms with Crippen LogP contribution in [0.5, 0.6) is 0 Å². The molecule has 0 bridgehead atoms. The first-order valence-electron chi connectivity index (χ1n) is 1.65. The zero-order chi connectivity index (χ0) is 4.12. The van der Waals surface area contributed by atoms with Crippen molar-refractivity contribution in [2.45, 2.75) is 6.92 Å². The van der Waals surface area contributed by atoms with E-state index in [4.69, 9.17) is 0 Å². The van der Waals surface area contributed by atoms with Gasteiger partial charge in [-0.25, -0.2) is 0 Å². The van der Waals surface area contributed by atoms with Gasteiger partial charge in [0.05, 0.1) is 0 Å². The van der Waals surface area contributed by atoms with Gasteiger partial charge in [0, 0.05) is 0 Å². The number of hydrogen-bond acceptors (Lipinski definition) is 0. The maximum atomic E-state index is 3.46. The van der Waals surface area contributed by atoms with Gasteiger partial charge >= 0.3 is 21.7 Å². The Hall–Kier alpha value is 1.06. The van der Waals surface area contributed by atoms with Crippen molar-refractivity contribution in [3.8, 4) is 0 Å². The van der Waals surface area contributed by atoms with E-state index in [-0.39, 0.29) is 66.4 Å². The molecule has 0 nitrogen and oxygen atoms in total. The van der Waals surface area contributed by atoms with Gasteiger partial charge in [0.15, 0.2) is 0 Å². The number of halogens is 3. The summed E-state index contributed by atoms with van der Waals surface area (Å²) >= 11 is 0. The van der Waals surface area contributed by atoms with E-state index in [1.165, 1.54) is 0 Å². The van der Waals surface area contributed by atoms with Gasteiger partial charge in [-0.2, -0.15) is 0 Å². The summed E-state index contributed by atoms with van der Waals surface area (Å²) in [7, 11) is 0. The Bertz CT molecular complexity index is 55.0. The monoisotopic (exact) mass is 236 g/mol. The van der Waals surface area contributed by atoms with Gasteiger partial charge in [-0.05, 0) is 6.92 Å². The Kier molecular flexibility index (Phi) is 219. The predicted octanol–water partition coefficient (Wildman–Crippen LogP) is -6.79. The van der Waals surface area contributed by atoms with Gasteiger partial charge in [-0.3, -0.25) is 0 Å². The number of allylic oxidation sites excluding steroid dienone is 3. The number of hydrogen-bond donors (Lipinski definition) is 0. The fourth-order valence-corrected chi connectivity index (χ4v) is 0.136. The van der Waals surface area contributed by atoms with E-state index in [1.807, 2.05) is 19.1 Å². The second-order valence-corrected chi connectivity index (χ2v) is 0.761. The van der Waals surface area contributed by atoms with Crippen molar-refractivity contribution in [2.24, 2.45) is 0 Å². The Morgan fingerprint density at radius 1 is 1.10 bits per heavy atom. The number of rotatable bonds is 1. The zero-order valence-corrected chi connectivity index (χ0v) is 9.90. The minimum atomic E-state index is 0. The molecule has 0 aromatic heterocycles. The Morgan fingerprint density at radius 3 is 1.40 bits per heavy atom. The van der Waals surface area contributed by atoms with E-state index in [1.54, 1.807) is 6.08 Å².